The molecule has 0 nitrogen and oxygen atoms in total. The van der Waals surface area contributed by atoms with E-state index in [4.69, 9.17) is 0 Å². The van der Waals surface area contributed by atoms with Crippen molar-refractivity contribution in [3.05, 3.63) is 131 Å². The molecule has 0 aliphatic carbocycles. The number of rotatable bonds is 11. The summed E-state index contributed by atoms with van der Waals surface area (Å²) >= 11 is 0. The molecule has 0 bridgehead atoms. The van der Waals surface area contributed by atoms with Gasteiger partial charge in [0.25, 0.3) is 0 Å². The van der Waals surface area contributed by atoms with E-state index < -0.39 is 0 Å². The maximum absolute atomic E-state index is 15.2. The zero-order chi connectivity index (χ0) is 25.9. The molecule has 0 aliphatic heterocycles. The fraction of sp³-hybridized carbons (Fsp3) is 0.278. The van der Waals surface area contributed by atoms with Gasteiger partial charge in [-0.25, -0.2) is 4.39 Å². The smallest absolute Gasteiger partial charge is 0.146 e. The van der Waals surface area contributed by atoms with Gasteiger partial charge in [-0.3, -0.25) is 0 Å². The third-order valence-electron chi connectivity index (χ3n) is 7.00. The quantitative estimate of drug-likeness (QED) is 0.112. The lowest BCUT2D eigenvalue weighted by Gasteiger charge is -2.06. The second kappa shape index (κ2) is 13.6. The number of allylic oxidation sites excluding steroid dienone is 1. The number of benzene rings is 4. The number of hydrogen-bond donors (Lipinski definition) is 0. The summed E-state index contributed by atoms with van der Waals surface area (Å²) < 4.78 is 15.2. The van der Waals surface area contributed by atoms with Gasteiger partial charge < -0.3 is 0 Å². The van der Waals surface area contributed by atoms with Gasteiger partial charge in [0, 0.05) is 10.9 Å². The molecule has 0 aliphatic rings. The van der Waals surface area contributed by atoms with Crippen molar-refractivity contribution in [2.24, 2.45) is 0 Å². The van der Waals surface area contributed by atoms with Gasteiger partial charge in [-0.1, -0.05) is 105 Å². The molecule has 0 amide bonds. The molecule has 4 aromatic rings. The fourth-order valence-corrected chi connectivity index (χ4v) is 4.67. The summed E-state index contributed by atoms with van der Waals surface area (Å²) in [5.41, 5.74) is 6.62. The van der Waals surface area contributed by atoms with E-state index in [1.807, 2.05) is 36.4 Å². The lowest BCUT2D eigenvalue weighted by Crippen LogP contribution is -1.92. The van der Waals surface area contributed by atoms with E-state index in [0.717, 1.165) is 43.1 Å². The fourth-order valence-electron chi connectivity index (χ4n) is 4.67. The van der Waals surface area contributed by atoms with Gasteiger partial charge >= 0.3 is 0 Å². The molecule has 1 heteroatoms. The van der Waals surface area contributed by atoms with E-state index in [1.54, 1.807) is 0 Å². The first kappa shape index (κ1) is 26.4. The zero-order valence-electron chi connectivity index (χ0n) is 22.0. The number of hydrogen-bond acceptors (Lipinski definition) is 0. The van der Waals surface area contributed by atoms with Crippen LogP contribution >= 0.6 is 0 Å². The molecular formula is C36H37F. The van der Waals surface area contributed by atoms with Crippen LogP contribution in [0.5, 0.6) is 0 Å². The van der Waals surface area contributed by atoms with E-state index in [0.29, 0.717) is 10.9 Å². The van der Waals surface area contributed by atoms with Crippen LogP contribution in [0.3, 0.4) is 0 Å². The monoisotopic (exact) mass is 488 g/mol. The Bertz CT molecular complexity index is 1360. The molecular weight excluding hydrogens is 451 g/mol. The van der Waals surface area contributed by atoms with E-state index in [-0.39, 0.29) is 5.82 Å². The molecule has 0 heterocycles. The molecule has 0 unspecified atom stereocenters. The minimum Gasteiger partial charge on any atom is -0.205 e. The van der Waals surface area contributed by atoms with Crippen molar-refractivity contribution >= 4 is 10.8 Å². The van der Waals surface area contributed by atoms with E-state index in [9.17, 15) is 0 Å². The molecule has 0 atom stereocenters. The van der Waals surface area contributed by atoms with Crippen molar-refractivity contribution in [2.75, 3.05) is 0 Å². The molecule has 188 valence electrons. The maximum Gasteiger partial charge on any atom is 0.146 e. The Morgan fingerprint density at radius 2 is 1.32 bits per heavy atom. The van der Waals surface area contributed by atoms with Crippen LogP contribution in [0.15, 0.2) is 91.5 Å². The summed E-state index contributed by atoms with van der Waals surface area (Å²) in [4.78, 5) is 0. The minimum atomic E-state index is -0.227. The summed E-state index contributed by atoms with van der Waals surface area (Å²) in [5, 5.41) is 1.60. The first-order chi connectivity index (χ1) is 18.2. The molecule has 4 rings (SSSR count). The SMILES string of the molecule is C=CCCc1ccc(CCc2ccc(C#Cc3ccc4cc(CCCCCC)ccc4c3F)cc2)cc1. The average molecular weight is 489 g/mol. The van der Waals surface area contributed by atoms with Gasteiger partial charge in [0.05, 0.1) is 5.56 Å². The van der Waals surface area contributed by atoms with Crippen LogP contribution in [0.25, 0.3) is 10.8 Å². The van der Waals surface area contributed by atoms with Gasteiger partial charge in [0.1, 0.15) is 5.82 Å². The highest BCUT2D eigenvalue weighted by atomic mass is 19.1. The number of unbranched alkanes of at least 4 members (excludes halogenated alkanes) is 3. The molecule has 0 aromatic heterocycles. The Kier molecular flexibility index (Phi) is 9.73. The highest BCUT2D eigenvalue weighted by Gasteiger charge is 2.07. The number of fused-ring (bicyclic) bond motifs is 1. The van der Waals surface area contributed by atoms with Gasteiger partial charge in [-0.05, 0) is 84.4 Å². The molecule has 37 heavy (non-hydrogen) atoms. The van der Waals surface area contributed by atoms with Crippen molar-refractivity contribution < 1.29 is 4.39 Å². The summed E-state index contributed by atoms with van der Waals surface area (Å²) in [7, 11) is 0. The van der Waals surface area contributed by atoms with Gasteiger partial charge in [-0.2, -0.15) is 0 Å². The molecule has 0 spiro atoms. The summed E-state index contributed by atoms with van der Waals surface area (Å²) in [6, 6.07) is 27.1. The number of halogens is 1. The van der Waals surface area contributed by atoms with E-state index in [1.165, 1.54) is 47.9 Å². The van der Waals surface area contributed by atoms with E-state index in [2.05, 4.69) is 73.9 Å². The molecule has 4 aromatic carbocycles. The standard InChI is InChI=1S/C36H37F/c1-3-5-7-8-10-32-22-26-35-34(27-32)25-24-33(36(35)37)23-21-31-19-17-30(18-20-31)16-15-29-13-11-28(12-14-29)9-6-4-2/h4,11-14,17-20,22,24-27H,2-3,5-10,15-16H2,1H3. The first-order valence-corrected chi connectivity index (χ1v) is 13.7. The summed E-state index contributed by atoms with van der Waals surface area (Å²) in [6.45, 7) is 6.02. The molecule has 0 N–H and O–H groups in total. The average Bonchev–Trinajstić information content (AvgIpc) is 2.94. The van der Waals surface area contributed by atoms with Crippen molar-refractivity contribution in [1.82, 2.24) is 0 Å². The van der Waals surface area contributed by atoms with Crippen LogP contribution in [0.1, 0.15) is 72.4 Å². The van der Waals surface area contributed by atoms with Crippen LogP contribution in [0, 0.1) is 17.7 Å². The van der Waals surface area contributed by atoms with Crippen LogP contribution in [-0.2, 0) is 25.7 Å². The Morgan fingerprint density at radius 1 is 0.676 bits per heavy atom. The highest BCUT2D eigenvalue weighted by molar-refractivity contribution is 5.85. The second-order valence-electron chi connectivity index (χ2n) is 9.88. The van der Waals surface area contributed by atoms with Gasteiger partial charge in [0.2, 0.25) is 0 Å². The van der Waals surface area contributed by atoms with Gasteiger partial charge in [-0.15, -0.1) is 6.58 Å². The maximum atomic E-state index is 15.2. The molecule has 0 fully saturated rings. The summed E-state index contributed by atoms with van der Waals surface area (Å²) in [6.07, 6.45) is 12.0. The highest BCUT2D eigenvalue weighted by Crippen LogP contribution is 2.23. The lowest BCUT2D eigenvalue weighted by molar-refractivity contribution is 0.636. The molecule has 0 saturated carbocycles. The first-order valence-electron chi connectivity index (χ1n) is 13.7. The van der Waals surface area contributed by atoms with Gasteiger partial charge in [0.15, 0.2) is 0 Å². The van der Waals surface area contributed by atoms with Crippen molar-refractivity contribution in [2.45, 2.75) is 64.7 Å². The Hall–Kier alpha value is -3.63. The predicted octanol–water partition coefficient (Wildman–Crippen LogP) is 9.41. The molecule has 0 radical (unpaired) electrons. The van der Waals surface area contributed by atoms with Crippen molar-refractivity contribution in [1.29, 1.82) is 0 Å². The third-order valence-corrected chi connectivity index (χ3v) is 7.00. The van der Waals surface area contributed by atoms with Crippen molar-refractivity contribution in [3.8, 4) is 11.8 Å². The largest absolute Gasteiger partial charge is 0.205 e. The second-order valence-corrected chi connectivity index (χ2v) is 9.88. The van der Waals surface area contributed by atoms with Crippen LogP contribution in [0.4, 0.5) is 4.39 Å². The third kappa shape index (κ3) is 7.68. The van der Waals surface area contributed by atoms with Crippen LogP contribution in [-0.4, -0.2) is 0 Å². The topological polar surface area (TPSA) is 0 Å². The normalized spacial score (nSPS) is 10.8. The van der Waals surface area contributed by atoms with E-state index >= 15 is 4.39 Å². The lowest BCUT2D eigenvalue weighted by atomic mass is 10.00. The van der Waals surface area contributed by atoms with Crippen LogP contribution in [0.2, 0.25) is 0 Å². The predicted molar refractivity (Wildman–Crippen MR) is 157 cm³/mol. The zero-order valence-corrected chi connectivity index (χ0v) is 22.0. The van der Waals surface area contributed by atoms with Crippen LogP contribution < -0.4 is 0 Å². The minimum absolute atomic E-state index is 0.227. The Balaban J connectivity index is 1.36. The Labute approximate surface area is 222 Å². The number of aryl methyl sites for hydroxylation is 4. The summed E-state index contributed by atoms with van der Waals surface area (Å²) in [5.74, 6) is 5.97. The molecule has 0 saturated heterocycles. The Morgan fingerprint density at radius 3 is 2.00 bits per heavy atom. The van der Waals surface area contributed by atoms with Crippen molar-refractivity contribution in [3.63, 3.8) is 0 Å².